The smallest absolute Gasteiger partial charge is 0.338 e. The van der Waals surface area contributed by atoms with Crippen molar-refractivity contribution in [2.75, 3.05) is 6.79 Å². The van der Waals surface area contributed by atoms with Gasteiger partial charge in [0, 0.05) is 12.8 Å². The molecule has 0 aromatic heterocycles. The van der Waals surface area contributed by atoms with E-state index >= 15 is 0 Å². The van der Waals surface area contributed by atoms with Crippen molar-refractivity contribution in [3.8, 4) is 0 Å². The molecular formula is C38H50O9. The van der Waals surface area contributed by atoms with Gasteiger partial charge in [0.1, 0.15) is 25.1 Å². The molecule has 1 aliphatic rings. The van der Waals surface area contributed by atoms with Crippen LogP contribution < -0.4 is 0 Å². The molecule has 0 unspecified atom stereocenters. The van der Waals surface area contributed by atoms with E-state index in [4.69, 9.17) is 28.4 Å². The van der Waals surface area contributed by atoms with E-state index < -0.39 is 42.1 Å². The quantitative estimate of drug-likeness (QED) is 0.0492. The summed E-state index contributed by atoms with van der Waals surface area (Å²) >= 11 is 0. The zero-order chi connectivity index (χ0) is 34.2. The largest absolute Gasteiger partial charge is 0.462 e. The molecule has 9 heteroatoms. The predicted molar refractivity (Wildman–Crippen MR) is 178 cm³/mol. The van der Waals surface area contributed by atoms with E-state index in [-0.39, 0.29) is 31.1 Å². The van der Waals surface area contributed by atoms with Crippen molar-refractivity contribution < 1.29 is 42.8 Å². The number of carbonyl (C=O) groups excluding carboxylic acids is 3. The molecule has 9 nitrogen and oxygen atoms in total. The summed E-state index contributed by atoms with van der Waals surface area (Å²) < 4.78 is 34.7. The Balaban J connectivity index is 1.39. The minimum Gasteiger partial charge on any atom is -0.462 e. The number of rotatable bonds is 20. The molecule has 3 rings (SSSR count). The first-order valence-corrected chi connectivity index (χ1v) is 16.5. The van der Waals surface area contributed by atoms with Gasteiger partial charge in [0.25, 0.3) is 0 Å². The maximum atomic E-state index is 13.1. The van der Waals surface area contributed by atoms with Crippen LogP contribution in [0.2, 0.25) is 0 Å². The lowest BCUT2D eigenvalue weighted by molar-refractivity contribution is -0.160. The number of carbonyl (C=O) groups is 3. The van der Waals surface area contributed by atoms with Crippen LogP contribution in [0.25, 0.3) is 0 Å². The van der Waals surface area contributed by atoms with E-state index in [1.807, 2.05) is 37.3 Å². The van der Waals surface area contributed by atoms with Crippen LogP contribution >= 0.6 is 0 Å². The molecule has 0 spiro atoms. The molecule has 0 radical (unpaired) electrons. The topological polar surface area (TPSA) is 107 Å². The average molecular weight is 651 g/mol. The zero-order valence-electron chi connectivity index (χ0n) is 28.1. The average Bonchev–Trinajstić information content (AvgIpc) is 3.55. The minimum absolute atomic E-state index is 0.141. The molecular weight excluding hydrogens is 600 g/mol. The number of esters is 3. The Labute approximate surface area is 279 Å². The molecule has 1 saturated heterocycles. The Morgan fingerprint density at radius 2 is 1.57 bits per heavy atom. The summed E-state index contributed by atoms with van der Waals surface area (Å²) in [5.41, 5.74) is 1.46. The van der Waals surface area contributed by atoms with Crippen molar-refractivity contribution in [3.63, 3.8) is 0 Å². The van der Waals surface area contributed by atoms with Gasteiger partial charge in [-0.2, -0.15) is 0 Å². The Morgan fingerprint density at radius 1 is 0.894 bits per heavy atom. The summed E-state index contributed by atoms with van der Waals surface area (Å²) in [6, 6.07) is 18.4. The molecule has 1 heterocycles. The number of hydrogen-bond donors (Lipinski definition) is 0. The fourth-order valence-corrected chi connectivity index (χ4v) is 5.34. The Hall–Kier alpha value is -3.79. The molecule has 0 amide bonds. The first-order valence-electron chi connectivity index (χ1n) is 16.5. The highest BCUT2D eigenvalue weighted by Gasteiger charge is 2.36. The van der Waals surface area contributed by atoms with E-state index in [0.717, 1.165) is 18.4 Å². The molecule has 0 aliphatic carbocycles. The molecule has 8 atom stereocenters. The Kier molecular flexibility index (Phi) is 15.8. The van der Waals surface area contributed by atoms with Crippen LogP contribution in [0.1, 0.15) is 75.7 Å². The van der Waals surface area contributed by atoms with Crippen LogP contribution in [0.5, 0.6) is 0 Å². The van der Waals surface area contributed by atoms with Crippen LogP contribution in [0, 0.1) is 11.8 Å². The zero-order valence-corrected chi connectivity index (χ0v) is 28.1. The fourth-order valence-electron chi connectivity index (χ4n) is 5.34. The van der Waals surface area contributed by atoms with E-state index in [9.17, 15) is 14.4 Å². The summed E-state index contributed by atoms with van der Waals surface area (Å²) in [7, 11) is 0. The van der Waals surface area contributed by atoms with Gasteiger partial charge in [-0.25, -0.2) is 4.79 Å². The molecule has 2 aromatic carbocycles. The predicted octanol–water partition coefficient (Wildman–Crippen LogP) is 7.00. The maximum absolute atomic E-state index is 13.1. The van der Waals surface area contributed by atoms with Gasteiger partial charge in [0.15, 0.2) is 0 Å². The van der Waals surface area contributed by atoms with Gasteiger partial charge in [0.2, 0.25) is 0 Å². The lowest BCUT2D eigenvalue weighted by Gasteiger charge is -2.25. The minimum atomic E-state index is -0.840. The van der Waals surface area contributed by atoms with Gasteiger partial charge in [-0.1, -0.05) is 80.8 Å². The normalized spacial score (nSPS) is 19.7. The maximum Gasteiger partial charge on any atom is 0.338 e. The second-order valence-electron chi connectivity index (χ2n) is 12.0. The third-order valence-electron chi connectivity index (χ3n) is 8.31. The van der Waals surface area contributed by atoms with Crippen molar-refractivity contribution in [2.24, 2.45) is 11.8 Å². The van der Waals surface area contributed by atoms with Crippen molar-refractivity contribution in [3.05, 3.63) is 97.1 Å². The van der Waals surface area contributed by atoms with E-state index in [0.29, 0.717) is 31.4 Å². The number of hydrogen-bond acceptors (Lipinski definition) is 9. The molecule has 1 fully saturated rings. The van der Waals surface area contributed by atoms with Crippen molar-refractivity contribution in [1.82, 2.24) is 0 Å². The van der Waals surface area contributed by atoms with Crippen LogP contribution in [0.3, 0.4) is 0 Å². The first-order chi connectivity index (χ1) is 22.6. The third-order valence-corrected chi connectivity index (χ3v) is 8.31. The Morgan fingerprint density at radius 3 is 2.21 bits per heavy atom. The molecule has 47 heavy (non-hydrogen) atoms. The standard InChI is InChI=1S/C38H50O9/c1-7-31(43-25-42-24-29-16-12-10-13-17-29)23-32(8-2)46-37(40)28(6)35-21-20-33(45-35)22-26(4)44-36(39)27(5)34(9-3)47-38(41)30-18-14-11-15-19-30/h8-19,26-28,31-35H,2-3,7,20-25H2,1,4-6H3/t26-,27+,28-,31+,32-,33+,34+,35-/m0/s1. The molecule has 0 saturated carbocycles. The van der Waals surface area contributed by atoms with Crippen LogP contribution in [0.15, 0.2) is 86.0 Å². The lowest BCUT2D eigenvalue weighted by Crippen LogP contribution is -2.33. The number of ether oxygens (including phenoxy) is 6. The van der Waals surface area contributed by atoms with E-state index in [1.165, 1.54) is 6.08 Å². The van der Waals surface area contributed by atoms with Gasteiger partial charge in [-0.15, -0.1) is 0 Å². The summed E-state index contributed by atoms with van der Waals surface area (Å²) in [5.74, 6) is -2.62. The SMILES string of the molecule is C=C[C@@H](C[C@@H](CC)OCOCc1ccccc1)OC(=O)[C@@H](C)[C@@H]1CC[C@H](C[C@H](C)OC(=O)[C@H](C)[C@@H](C=C)OC(=O)c2ccccc2)O1. The lowest BCUT2D eigenvalue weighted by atomic mass is 10.0. The van der Waals surface area contributed by atoms with Gasteiger partial charge >= 0.3 is 17.9 Å². The summed E-state index contributed by atoms with van der Waals surface area (Å²) in [5, 5.41) is 0. The highest BCUT2D eigenvalue weighted by molar-refractivity contribution is 5.89. The van der Waals surface area contributed by atoms with Gasteiger partial charge in [-0.05, 0) is 57.7 Å². The van der Waals surface area contributed by atoms with Crippen LogP contribution in [-0.4, -0.2) is 61.3 Å². The molecule has 1 aliphatic heterocycles. The number of benzene rings is 2. The van der Waals surface area contributed by atoms with Gasteiger partial charge in [0.05, 0.1) is 42.3 Å². The Bertz CT molecular complexity index is 1260. The van der Waals surface area contributed by atoms with Gasteiger partial charge in [-0.3, -0.25) is 9.59 Å². The summed E-state index contributed by atoms with van der Waals surface area (Å²) in [6.07, 6.45) is 3.69. The van der Waals surface area contributed by atoms with E-state index in [1.54, 1.807) is 57.2 Å². The molecule has 0 bridgehead atoms. The molecule has 256 valence electrons. The fraction of sp³-hybridized carbons (Fsp3) is 0.500. The van der Waals surface area contributed by atoms with Gasteiger partial charge < -0.3 is 28.4 Å². The summed E-state index contributed by atoms with van der Waals surface area (Å²) in [6.45, 7) is 15.4. The van der Waals surface area contributed by atoms with Crippen molar-refractivity contribution >= 4 is 17.9 Å². The monoisotopic (exact) mass is 650 g/mol. The second-order valence-corrected chi connectivity index (χ2v) is 12.0. The molecule has 0 N–H and O–H groups in total. The summed E-state index contributed by atoms with van der Waals surface area (Å²) in [4.78, 5) is 38.4. The van der Waals surface area contributed by atoms with Crippen LogP contribution in [-0.2, 0) is 44.6 Å². The van der Waals surface area contributed by atoms with Crippen LogP contribution in [0.4, 0.5) is 0 Å². The second kappa shape index (κ2) is 19.8. The first kappa shape index (κ1) is 37.7. The highest BCUT2D eigenvalue weighted by atomic mass is 16.7. The molecule has 2 aromatic rings. The van der Waals surface area contributed by atoms with E-state index in [2.05, 4.69) is 13.2 Å². The third kappa shape index (κ3) is 12.4. The van der Waals surface area contributed by atoms with Crippen molar-refractivity contribution in [2.45, 2.75) is 103 Å². The van der Waals surface area contributed by atoms with Crippen molar-refractivity contribution in [1.29, 1.82) is 0 Å². The highest BCUT2D eigenvalue weighted by Crippen LogP contribution is 2.30.